The summed E-state index contributed by atoms with van der Waals surface area (Å²) in [5, 5.41) is 3.26. The van der Waals surface area contributed by atoms with Crippen LogP contribution < -0.4 is 5.32 Å². The van der Waals surface area contributed by atoms with E-state index in [1.807, 2.05) is 12.1 Å². The molecule has 0 aliphatic carbocycles. The first kappa shape index (κ1) is 14.8. The van der Waals surface area contributed by atoms with Gasteiger partial charge in [0.05, 0.1) is 25.4 Å². The van der Waals surface area contributed by atoms with Crippen LogP contribution in [0.5, 0.6) is 0 Å². The van der Waals surface area contributed by atoms with E-state index in [-0.39, 0.29) is 5.97 Å². The van der Waals surface area contributed by atoms with E-state index in [1.54, 1.807) is 13.2 Å². The summed E-state index contributed by atoms with van der Waals surface area (Å²) in [6, 6.07) is 5.65. The molecule has 1 aliphatic rings. The summed E-state index contributed by atoms with van der Waals surface area (Å²) in [6.45, 7) is 3.05. The van der Waals surface area contributed by atoms with Crippen molar-refractivity contribution in [3.8, 4) is 0 Å². The van der Waals surface area contributed by atoms with Crippen LogP contribution in [0.4, 0.5) is 5.69 Å². The maximum Gasteiger partial charge on any atom is 0.338 e. The molecule has 0 amide bonds. The third kappa shape index (κ3) is 4.21. The van der Waals surface area contributed by atoms with Crippen molar-refractivity contribution < 1.29 is 19.0 Å². The fourth-order valence-electron chi connectivity index (χ4n) is 2.09. The lowest BCUT2D eigenvalue weighted by Crippen LogP contribution is -2.10. The summed E-state index contributed by atoms with van der Waals surface area (Å²) < 4.78 is 15.4. The van der Waals surface area contributed by atoms with Crippen molar-refractivity contribution in [3.05, 3.63) is 29.3 Å². The molecule has 0 unspecified atom stereocenters. The van der Waals surface area contributed by atoms with Crippen molar-refractivity contribution in [1.82, 2.24) is 0 Å². The summed E-state index contributed by atoms with van der Waals surface area (Å²) in [4.78, 5) is 11.9. The second-order valence-electron chi connectivity index (χ2n) is 4.64. The number of carbonyl (C=O) groups is 1. The topological polar surface area (TPSA) is 56.8 Å². The highest BCUT2D eigenvalue weighted by molar-refractivity contribution is 5.90. The van der Waals surface area contributed by atoms with Gasteiger partial charge in [0.1, 0.15) is 0 Å². The van der Waals surface area contributed by atoms with Crippen LogP contribution in [0, 0.1) is 0 Å². The van der Waals surface area contributed by atoms with Gasteiger partial charge in [0, 0.05) is 32.4 Å². The Kier molecular flexibility index (Phi) is 5.83. The number of hydrogen-bond donors (Lipinski definition) is 1. The van der Waals surface area contributed by atoms with Gasteiger partial charge in [-0.1, -0.05) is 0 Å². The first-order valence-corrected chi connectivity index (χ1v) is 6.92. The molecule has 1 aromatic carbocycles. The Morgan fingerprint density at radius 3 is 3.00 bits per heavy atom. The molecule has 0 bridgehead atoms. The third-order valence-corrected chi connectivity index (χ3v) is 3.15. The van der Waals surface area contributed by atoms with Gasteiger partial charge in [0.2, 0.25) is 0 Å². The van der Waals surface area contributed by atoms with Crippen LogP contribution in [0.3, 0.4) is 0 Å². The zero-order valence-corrected chi connectivity index (χ0v) is 11.8. The molecule has 1 aromatic rings. The van der Waals surface area contributed by atoms with Crippen molar-refractivity contribution in [2.75, 3.05) is 45.4 Å². The highest BCUT2D eigenvalue weighted by Crippen LogP contribution is 2.23. The normalized spacial score (nSPS) is 12.8. The average molecular weight is 279 g/mol. The zero-order chi connectivity index (χ0) is 14.2. The maximum atomic E-state index is 11.9. The lowest BCUT2D eigenvalue weighted by molar-refractivity contribution is 0.0385. The molecule has 0 fully saturated rings. The molecular formula is C15H21NO4. The molecule has 1 N–H and O–H groups in total. The van der Waals surface area contributed by atoms with Gasteiger partial charge < -0.3 is 19.5 Å². The number of nitrogens with one attached hydrogen (secondary N) is 1. The number of carbonyl (C=O) groups excluding carboxylic acids is 1. The number of ether oxygens (including phenoxy) is 3. The van der Waals surface area contributed by atoms with E-state index in [0.717, 1.165) is 18.7 Å². The van der Waals surface area contributed by atoms with Crippen LogP contribution in [0.2, 0.25) is 0 Å². The van der Waals surface area contributed by atoms with E-state index in [2.05, 4.69) is 5.32 Å². The van der Waals surface area contributed by atoms with E-state index >= 15 is 0 Å². The van der Waals surface area contributed by atoms with E-state index in [9.17, 15) is 4.79 Å². The molecule has 20 heavy (non-hydrogen) atoms. The van der Waals surface area contributed by atoms with Gasteiger partial charge in [0.25, 0.3) is 0 Å². The molecule has 0 saturated heterocycles. The number of rotatable bonds is 8. The lowest BCUT2D eigenvalue weighted by atomic mass is 10.1. The van der Waals surface area contributed by atoms with Gasteiger partial charge in [-0.15, -0.1) is 0 Å². The molecule has 110 valence electrons. The molecule has 2 rings (SSSR count). The largest absolute Gasteiger partial charge is 0.462 e. The van der Waals surface area contributed by atoms with Gasteiger partial charge >= 0.3 is 5.97 Å². The SMILES string of the molecule is COCCOCCCOC(=O)c1ccc2c(c1)CCN2. The van der Waals surface area contributed by atoms with Crippen LogP contribution in [0.1, 0.15) is 22.3 Å². The van der Waals surface area contributed by atoms with Crippen LogP contribution in [-0.4, -0.2) is 46.1 Å². The number of fused-ring (bicyclic) bond motifs is 1. The number of anilines is 1. The van der Waals surface area contributed by atoms with Crippen molar-refractivity contribution in [2.24, 2.45) is 0 Å². The summed E-state index contributed by atoms with van der Waals surface area (Å²) in [5.41, 5.74) is 2.92. The van der Waals surface area contributed by atoms with Crippen molar-refractivity contribution in [1.29, 1.82) is 0 Å². The number of hydrogen-bond acceptors (Lipinski definition) is 5. The van der Waals surface area contributed by atoms with Crippen LogP contribution in [0.25, 0.3) is 0 Å². The van der Waals surface area contributed by atoms with Crippen LogP contribution in [-0.2, 0) is 20.6 Å². The summed E-state index contributed by atoms with van der Waals surface area (Å²) >= 11 is 0. The summed E-state index contributed by atoms with van der Waals surface area (Å²) in [7, 11) is 1.64. The summed E-state index contributed by atoms with van der Waals surface area (Å²) in [6.07, 6.45) is 1.66. The first-order valence-electron chi connectivity index (χ1n) is 6.92. The zero-order valence-electron chi connectivity index (χ0n) is 11.8. The molecule has 0 spiro atoms. The second-order valence-corrected chi connectivity index (χ2v) is 4.64. The van der Waals surface area contributed by atoms with Crippen molar-refractivity contribution >= 4 is 11.7 Å². The molecule has 5 heteroatoms. The van der Waals surface area contributed by atoms with E-state index in [0.29, 0.717) is 38.4 Å². The lowest BCUT2D eigenvalue weighted by Gasteiger charge is -2.07. The fourth-order valence-corrected chi connectivity index (χ4v) is 2.09. The number of benzene rings is 1. The molecule has 1 heterocycles. The monoisotopic (exact) mass is 279 g/mol. The fraction of sp³-hybridized carbons (Fsp3) is 0.533. The Morgan fingerprint density at radius 1 is 1.25 bits per heavy atom. The Hall–Kier alpha value is -1.59. The Labute approximate surface area is 119 Å². The Balaban J connectivity index is 1.67. The molecule has 0 aromatic heterocycles. The molecule has 0 saturated carbocycles. The van der Waals surface area contributed by atoms with E-state index in [1.165, 1.54) is 5.56 Å². The van der Waals surface area contributed by atoms with E-state index < -0.39 is 0 Å². The Bertz CT molecular complexity index is 447. The predicted molar refractivity (Wildman–Crippen MR) is 76.2 cm³/mol. The van der Waals surface area contributed by atoms with E-state index in [4.69, 9.17) is 14.2 Å². The minimum atomic E-state index is -0.267. The van der Waals surface area contributed by atoms with Gasteiger partial charge in [-0.05, 0) is 30.2 Å². The number of esters is 1. The van der Waals surface area contributed by atoms with Gasteiger partial charge in [-0.2, -0.15) is 0 Å². The molecule has 1 aliphatic heterocycles. The Morgan fingerprint density at radius 2 is 2.15 bits per heavy atom. The smallest absolute Gasteiger partial charge is 0.338 e. The highest BCUT2D eigenvalue weighted by Gasteiger charge is 2.14. The average Bonchev–Trinajstić information content (AvgIpc) is 2.93. The predicted octanol–water partition coefficient (Wildman–Crippen LogP) is 1.86. The molecular weight excluding hydrogens is 258 g/mol. The molecule has 5 nitrogen and oxygen atoms in total. The molecule has 0 atom stereocenters. The second kappa shape index (κ2) is 7.87. The quantitative estimate of drug-likeness (QED) is 0.581. The van der Waals surface area contributed by atoms with Crippen LogP contribution >= 0.6 is 0 Å². The standard InChI is InChI=1S/C15H21NO4/c1-18-9-10-19-7-2-8-20-15(17)13-3-4-14-12(11-13)5-6-16-14/h3-4,11,16H,2,5-10H2,1H3. The van der Waals surface area contributed by atoms with Crippen molar-refractivity contribution in [3.63, 3.8) is 0 Å². The minimum absolute atomic E-state index is 0.267. The van der Waals surface area contributed by atoms with Crippen LogP contribution in [0.15, 0.2) is 18.2 Å². The molecule has 0 radical (unpaired) electrons. The first-order chi connectivity index (χ1) is 9.81. The van der Waals surface area contributed by atoms with Crippen molar-refractivity contribution in [2.45, 2.75) is 12.8 Å². The van der Waals surface area contributed by atoms with Gasteiger partial charge in [-0.3, -0.25) is 0 Å². The number of methoxy groups -OCH3 is 1. The maximum absolute atomic E-state index is 11.9. The van der Waals surface area contributed by atoms with Gasteiger partial charge in [0.15, 0.2) is 0 Å². The third-order valence-electron chi connectivity index (χ3n) is 3.15. The summed E-state index contributed by atoms with van der Waals surface area (Å²) in [5.74, 6) is -0.267. The minimum Gasteiger partial charge on any atom is -0.462 e. The highest BCUT2D eigenvalue weighted by atomic mass is 16.5. The van der Waals surface area contributed by atoms with Gasteiger partial charge in [-0.25, -0.2) is 4.79 Å².